The number of nitrogens with zero attached hydrogens (tertiary/aromatic N) is 5. The minimum atomic E-state index is -0.0614. The number of hydrogen-bond acceptors (Lipinski definition) is 7. The van der Waals surface area contributed by atoms with Crippen molar-refractivity contribution in [2.24, 2.45) is 0 Å². The van der Waals surface area contributed by atoms with Crippen LogP contribution in [0.15, 0.2) is 29.7 Å². The predicted octanol–water partition coefficient (Wildman–Crippen LogP) is 5.10. The van der Waals surface area contributed by atoms with Crippen LogP contribution in [-0.2, 0) is 17.6 Å². The number of nitrogens with one attached hydrogen (secondary N) is 1. The predicted molar refractivity (Wildman–Crippen MR) is 137 cm³/mol. The molecule has 3 aromatic heterocycles. The van der Waals surface area contributed by atoms with Crippen LogP contribution in [0.3, 0.4) is 0 Å². The highest BCUT2D eigenvalue weighted by Crippen LogP contribution is 2.37. The van der Waals surface area contributed by atoms with Gasteiger partial charge in [0.1, 0.15) is 11.2 Å². The quantitative estimate of drug-likeness (QED) is 0.371. The van der Waals surface area contributed by atoms with Gasteiger partial charge in [-0.3, -0.25) is 9.20 Å². The summed E-state index contributed by atoms with van der Waals surface area (Å²) in [6, 6.07) is 6.08. The van der Waals surface area contributed by atoms with Gasteiger partial charge in [-0.2, -0.15) is 0 Å². The lowest BCUT2D eigenvalue weighted by Crippen LogP contribution is -2.22. The Balaban J connectivity index is 1.30. The molecule has 5 rings (SSSR count). The number of thioether (sulfide) groups is 1. The summed E-state index contributed by atoms with van der Waals surface area (Å²) in [5.41, 5.74) is 5.42. The first-order valence-corrected chi connectivity index (χ1v) is 13.3. The van der Waals surface area contributed by atoms with Crippen LogP contribution >= 0.6 is 23.1 Å². The Morgan fingerprint density at radius 2 is 2.03 bits per heavy atom. The zero-order chi connectivity index (χ0) is 22.9. The lowest BCUT2D eigenvalue weighted by atomic mass is 9.97. The van der Waals surface area contributed by atoms with Crippen molar-refractivity contribution in [2.45, 2.75) is 51.6 Å². The number of aryl methyl sites for hydroxylation is 3. The Morgan fingerprint density at radius 1 is 1.21 bits per heavy atom. The molecule has 7 nitrogen and oxygen atoms in total. The van der Waals surface area contributed by atoms with Crippen LogP contribution in [0.4, 0.5) is 11.4 Å². The summed E-state index contributed by atoms with van der Waals surface area (Å²) in [6.07, 6.45) is 6.46. The van der Waals surface area contributed by atoms with E-state index in [1.807, 2.05) is 16.5 Å². The minimum absolute atomic E-state index is 0.0614. The summed E-state index contributed by atoms with van der Waals surface area (Å²) >= 11 is 3.17. The normalized spacial score (nSPS) is 13.4. The van der Waals surface area contributed by atoms with Gasteiger partial charge in [0.05, 0.1) is 11.1 Å². The molecule has 0 aliphatic heterocycles. The number of amides is 1. The maximum atomic E-state index is 12.6. The summed E-state index contributed by atoms with van der Waals surface area (Å²) in [6.45, 7) is 8.30. The van der Waals surface area contributed by atoms with E-state index in [4.69, 9.17) is 0 Å². The molecule has 1 amide bonds. The third-order valence-electron chi connectivity index (χ3n) is 6.25. The summed E-state index contributed by atoms with van der Waals surface area (Å²) in [5.74, 6) is 0.200. The van der Waals surface area contributed by atoms with Crippen molar-refractivity contribution >= 4 is 56.2 Å². The first-order chi connectivity index (χ1) is 16.1. The molecule has 1 aliphatic carbocycles. The van der Waals surface area contributed by atoms with E-state index in [1.165, 1.54) is 40.7 Å². The maximum absolute atomic E-state index is 12.6. The van der Waals surface area contributed by atoms with Gasteiger partial charge in [-0.1, -0.05) is 11.8 Å². The molecule has 0 saturated heterocycles. The number of rotatable bonds is 7. The molecule has 0 saturated carbocycles. The van der Waals surface area contributed by atoms with Gasteiger partial charge in [-0.15, -0.1) is 21.5 Å². The van der Waals surface area contributed by atoms with Crippen LogP contribution < -0.4 is 10.2 Å². The molecular formula is C24H28N6OS2. The standard InChI is InChI=1S/C24H28N6OS2/c1-4-29(5-2)18-11-10-16(12-15(18)3)26-20(31)13-32-24-28-27-22-21-17-8-6-7-9-19(17)33-23(21)25-14-30(22)24/h10-12,14H,4-9,13H2,1-3H3,(H,26,31). The molecular weight excluding hydrogens is 452 g/mol. The Hall–Kier alpha value is -2.65. The molecule has 3 heterocycles. The fourth-order valence-corrected chi connectivity index (χ4v) is 6.54. The highest BCUT2D eigenvalue weighted by molar-refractivity contribution is 7.99. The Bertz CT molecular complexity index is 1320. The summed E-state index contributed by atoms with van der Waals surface area (Å²) in [5, 5.41) is 13.7. The van der Waals surface area contributed by atoms with Crippen LogP contribution in [0.25, 0.3) is 15.9 Å². The zero-order valence-corrected chi connectivity index (χ0v) is 20.9. The smallest absolute Gasteiger partial charge is 0.234 e. The van der Waals surface area contributed by atoms with E-state index in [1.54, 1.807) is 17.7 Å². The number of hydrogen-bond donors (Lipinski definition) is 1. The summed E-state index contributed by atoms with van der Waals surface area (Å²) in [7, 11) is 0. The number of aromatic nitrogens is 4. The average molecular weight is 481 g/mol. The van der Waals surface area contributed by atoms with E-state index in [0.29, 0.717) is 5.16 Å². The largest absolute Gasteiger partial charge is 0.372 e. The van der Waals surface area contributed by atoms with Gasteiger partial charge in [0.25, 0.3) is 0 Å². The molecule has 1 aromatic carbocycles. The lowest BCUT2D eigenvalue weighted by Gasteiger charge is -2.23. The number of carbonyl (C=O) groups is 1. The average Bonchev–Trinajstić information content (AvgIpc) is 3.40. The lowest BCUT2D eigenvalue weighted by molar-refractivity contribution is -0.113. The van der Waals surface area contributed by atoms with Crippen LogP contribution in [0.5, 0.6) is 0 Å². The fourth-order valence-electron chi connectivity index (χ4n) is 4.61. The number of carbonyl (C=O) groups excluding carboxylic acids is 1. The van der Waals surface area contributed by atoms with Gasteiger partial charge in [0, 0.05) is 29.3 Å². The number of benzene rings is 1. The molecule has 33 heavy (non-hydrogen) atoms. The fraction of sp³-hybridized carbons (Fsp3) is 0.417. The summed E-state index contributed by atoms with van der Waals surface area (Å²) in [4.78, 5) is 22.1. The molecule has 0 fully saturated rings. The van der Waals surface area contributed by atoms with Crippen LogP contribution in [0.1, 0.15) is 42.7 Å². The van der Waals surface area contributed by atoms with Gasteiger partial charge in [0.2, 0.25) is 5.91 Å². The zero-order valence-electron chi connectivity index (χ0n) is 19.2. The molecule has 9 heteroatoms. The third-order valence-corrected chi connectivity index (χ3v) is 8.39. The van der Waals surface area contributed by atoms with Crippen LogP contribution in [0.2, 0.25) is 0 Å². The van der Waals surface area contributed by atoms with Gasteiger partial charge in [-0.25, -0.2) is 4.98 Å². The Morgan fingerprint density at radius 3 is 2.82 bits per heavy atom. The molecule has 1 aliphatic rings. The number of fused-ring (bicyclic) bond motifs is 5. The molecule has 0 bridgehead atoms. The highest BCUT2D eigenvalue weighted by Gasteiger charge is 2.21. The van der Waals surface area contributed by atoms with Gasteiger partial charge >= 0.3 is 0 Å². The molecule has 172 valence electrons. The molecule has 1 N–H and O–H groups in total. The highest BCUT2D eigenvalue weighted by atomic mass is 32.2. The monoisotopic (exact) mass is 480 g/mol. The van der Waals surface area contributed by atoms with Crippen molar-refractivity contribution in [3.63, 3.8) is 0 Å². The third kappa shape index (κ3) is 4.19. The molecule has 0 unspecified atom stereocenters. The SMILES string of the molecule is CCN(CC)c1ccc(NC(=O)CSc2nnc3c4c5c(sc4ncn23)CCCC5)cc1C. The minimum Gasteiger partial charge on any atom is -0.372 e. The van der Waals surface area contributed by atoms with Crippen molar-refractivity contribution < 1.29 is 4.79 Å². The second-order valence-corrected chi connectivity index (χ2v) is 10.3. The van der Waals surface area contributed by atoms with Gasteiger partial charge in [0.15, 0.2) is 10.8 Å². The van der Waals surface area contributed by atoms with Crippen molar-refractivity contribution in [3.05, 3.63) is 40.5 Å². The topological polar surface area (TPSA) is 75.4 Å². The molecule has 0 atom stereocenters. The van der Waals surface area contributed by atoms with E-state index in [9.17, 15) is 4.79 Å². The van der Waals surface area contributed by atoms with Gasteiger partial charge < -0.3 is 10.2 Å². The van der Waals surface area contributed by atoms with Crippen molar-refractivity contribution in [1.29, 1.82) is 0 Å². The van der Waals surface area contributed by atoms with Crippen molar-refractivity contribution in [2.75, 3.05) is 29.1 Å². The Kier molecular flexibility index (Phi) is 6.25. The van der Waals surface area contributed by atoms with E-state index in [2.05, 4.69) is 52.2 Å². The number of anilines is 2. The van der Waals surface area contributed by atoms with Crippen molar-refractivity contribution in [1.82, 2.24) is 19.6 Å². The van der Waals surface area contributed by atoms with E-state index in [-0.39, 0.29) is 11.7 Å². The molecule has 4 aromatic rings. The summed E-state index contributed by atoms with van der Waals surface area (Å²) < 4.78 is 1.92. The van der Waals surface area contributed by atoms with E-state index in [0.717, 1.165) is 53.0 Å². The van der Waals surface area contributed by atoms with E-state index >= 15 is 0 Å². The molecule has 0 spiro atoms. The van der Waals surface area contributed by atoms with Crippen molar-refractivity contribution in [3.8, 4) is 0 Å². The van der Waals surface area contributed by atoms with E-state index < -0.39 is 0 Å². The van der Waals surface area contributed by atoms with Crippen LogP contribution in [-0.4, -0.2) is 44.3 Å². The van der Waals surface area contributed by atoms with Gasteiger partial charge in [-0.05, 0) is 75.8 Å². The first-order valence-electron chi connectivity index (χ1n) is 11.5. The second-order valence-electron chi connectivity index (χ2n) is 8.32. The maximum Gasteiger partial charge on any atom is 0.234 e. The van der Waals surface area contributed by atoms with Crippen LogP contribution in [0, 0.1) is 6.92 Å². The number of thiophene rings is 1. The molecule has 0 radical (unpaired) electrons. The second kappa shape index (κ2) is 9.30. The Labute approximate surface area is 201 Å². The first kappa shape index (κ1) is 22.2.